The van der Waals surface area contributed by atoms with Gasteiger partial charge in [-0.1, -0.05) is 0 Å². The van der Waals surface area contributed by atoms with E-state index in [9.17, 15) is 13.6 Å². The van der Waals surface area contributed by atoms with Crippen molar-refractivity contribution in [3.05, 3.63) is 26.4 Å². The summed E-state index contributed by atoms with van der Waals surface area (Å²) in [4.78, 5) is 14.5. The van der Waals surface area contributed by atoms with E-state index in [1.165, 1.54) is 0 Å². The fraction of sp³-hybridized carbons (Fsp3) is 0.143. The molecule has 1 amide bonds. The molecule has 7 heteroatoms. The van der Waals surface area contributed by atoms with Crippen molar-refractivity contribution in [3.8, 4) is 0 Å². The van der Waals surface area contributed by atoms with Crippen LogP contribution in [0.15, 0.2) is 15.3 Å². The summed E-state index contributed by atoms with van der Waals surface area (Å²) < 4.78 is 25.2. The van der Waals surface area contributed by atoms with Crippen molar-refractivity contribution in [1.29, 1.82) is 0 Å². The maximum Gasteiger partial charge on any atom is 0.266 e. The topological polar surface area (TPSA) is 56.0 Å². The highest BCUT2D eigenvalue weighted by Gasteiger charge is 2.21. The number of alkyl halides is 2. The van der Waals surface area contributed by atoms with Gasteiger partial charge >= 0.3 is 0 Å². The zero-order chi connectivity index (χ0) is 10.9. The monoisotopic (exact) mass is 328 g/mol. The molecule has 3 nitrogen and oxygen atoms in total. The average Bonchev–Trinajstić information content (AvgIpc) is 2.08. The van der Waals surface area contributed by atoms with E-state index in [-0.39, 0.29) is 14.6 Å². The van der Waals surface area contributed by atoms with E-state index in [1.807, 2.05) is 0 Å². The number of carbonyl (C=O) groups is 1. The Morgan fingerprint density at radius 1 is 1.50 bits per heavy atom. The summed E-state index contributed by atoms with van der Waals surface area (Å²) in [6.07, 6.45) is -1.87. The molecule has 0 spiro atoms. The molecule has 0 saturated heterocycles. The molecular weight excluding hydrogens is 326 g/mol. The Balaban J connectivity index is 3.45. The highest BCUT2D eigenvalue weighted by molar-refractivity contribution is 9.13. The fourth-order valence-electron chi connectivity index (χ4n) is 0.893. The van der Waals surface area contributed by atoms with Crippen molar-refractivity contribution >= 4 is 37.8 Å². The fourth-order valence-corrected chi connectivity index (χ4v) is 1.72. The van der Waals surface area contributed by atoms with E-state index in [4.69, 9.17) is 5.73 Å². The number of hydrogen-bond donors (Lipinski definition) is 1. The molecular formula is C7H4Br2F2N2O. The van der Waals surface area contributed by atoms with Gasteiger partial charge in [0, 0.05) is 11.8 Å². The number of nitrogens with two attached hydrogens (primary N) is 1. The first kappa shape index (κ1) is 11.5. The second kappa shape index (κ2) is 4.31. The van der Waals surface area contributed by atoms with Gasteiger partial charge in [-0.25, -0.2) is 13.8 Å². The summed E-state index contributed by atoms with van der Waals surface area (Å²) in [6, 6.07) is 0. The van der Waals surface area contributed by atoms with Gasteiger partial charge in [-0.15, -0.1) is 0 Å². The van der Waals surface area contributed by atoms with Crippen molar-refractivity contribution in [2.24, 2.45) is 5.73 Å². The van der Waals surface area contributed by atoms with E-state index in [0.29, 0.717) is 0 Å². The molecule has 1 rings (SSSR count). The van der Waals surface area contributed by atoms with E-state index in [2.05, 4.69) is 36.8 Å². The number of rotatable bonds is 2. The molecule has 0 bridgehead atoms. The van der Waals surface area contributed by atoms with Crippen LogP contribution in [0.1, 0.15) is 22.3 Å². The van der Waals surface area contributed by atoms with Gasteiger partial charge in [0.05, 0.1) is 10.0 Å². The van der Waals surface area contributed by atoms with Gasteiger partial charge in [0.25, 0.3) is 6.43 Å². The lowest BCUT2D eigenvalue weighted by Crippen LogP contribution is -2.15. The maximum absolute atomic E-state index is 12.4. The second-order valence-corrected chi connectivity index (χ2v) is 3.90. The Bertz CT molecular complexity index is 384. The molecule has 0 atom stereocenters. The second-order valence-electron chi connectivity index (χ2n) is 2.36. The van der Waals surface area contributed by atoms with Crippen LogP contribution in [0.25, 0.3) is 0 Å². The van der Waals surface area contributed by atoms with Crippen molar-refractivity contribution < 1.29 is 13.6 Å². The molecule has 1 aromatic heterocycles. The molecule has 1 heterocycles. The lowest BCUT2D eigenvalue weighted by Gasteiger charge is -2.08. The van der Waals surface area contributed by atoms with E-state index >= 15 is 0 Å². The van der Waals surface area contributed by atoms with Crippen LogP contribution in [0.2, 0.25) is 0 Å². The Kier molecular flexibility index (Phi) is 3.54. The third-order valence-electron chi connectivity index (χ3n) is 1.49. The van der Waals surface area contributed by atoms with Crippen LogP contribution in [0, 0.1) is 0 Å². The first-order valence-corrected chi connectivity index (χ1v) is 4.95. The van der Waals surface area contributed by atoms with Gasteiger partial charge in [0.2, 0.25) is 5.91 Å². The standard InChI is InChI=1S/C7H4Br2F2N2O/c8-4-3(7(12)14)2(6(10)11)1-13-5(4)9/h1,6H,(H2,12,14). The van der Waals surface area contributed by atoms with E-state index < -0.39 is 17.9 Å². The zero-order valence-corrected chi connectivity index (χ0v) is 9.77. The smallest absolute Gasteiger partial charge is 0.266 e. The van der Waals surface area contributed by atoms with Gasteiger partial charge in [0.1, 0.15) is 4.60 Å². The van der Waals surface area contributed by atoms with Gasteiger partial charge in [0.15, 0.2) is 0 Å². The molecule has 1 aromatic rings. The number of hydrogen-bond acceptors (Lipinski definition) is 2. The molecule has 0 aromatic carbocycles. The van der Waals surface area contributed by atoms with Gasteiger partial charge < -0.3 is 5.73 Å². The Hall–Kier alpha value is -0.560. The third-order valence-corrected chi connectivity index (χ3v) is 3.39. The van der Waals surface area contributed by atoms with E-state index in [0.717, 1.165) is 6.20 Å². The lowest BCUT2D eigenvalue weighted by molar-refractivity contribution is 0.0984. The van der Waals surface area contributed by atoms with Crippen LogP contribution in [0.5, 0.6) is 0 Å². The van der Waals surface area contributed by atoms with Gasteiger partial charge in [-0.3, -0.25) is 4.79 Å². The van der Waals surface area contributed by atoms with Crippen molar-refractivity contribution in [1.82, 2.24) is 4.98 Å². The van der Waals surface area contributed by atoms with E-state index in [1.54, 1.807) is 0 Å². The summed E-state index contributed by atoms with van der Waals surface area (Å²) in [6.45, 7) is 0. The first-order chi connectivity index (χ1) is 6.45. The third kappa shape index (κ3) is 2.09. The zero-order valence-electron chi connectivity index (χ0n) is 6.60. The van der Waals surface area contributed by atoms with Gasteiger partial charge in [-0.2, -0.15) is 0 Å². The highest BCUT2D eigenvalue weighted by Crippen LogP contribution is 2.31. The molecule has 0 radical (unpaired) electrons. The number of amides is 1. The molecule has 0 fully saturated rings. The molecule has 0 saturated carbocycles. The van der Waals surface area contributed by atoms with Crippen LogP contribution < -0.4 is 5.73 Å². The number of aromatic nitrogens is 1. The predicted octanol–water partition coefficient (Wildman–Crippen LogP) is 2.64. The number of pyridine rings is 1. The minimum absolute atomic E-state index is 0.141. The molecule has 0 aliphatic carbocycles. The summed E-state index contributed by atoms with van der Waals surface area (Å²) >= 11 is 5.94. The SMILES string of the molecule is NC(=O)c1c(C(F)F)cnc(Br)c1Br. The van der Waals surface area contributed by atoms with Crippen molar-refractivity contribution in [3.63, 3.8) is 0 Å². The minimum Gasteiger partial charge on any atom is -0.366 e. The Morgan fingerprint density at radius 3 is 2.50 bits per heavy atom. The maximum atomic E-state index is 12.4. The molecule has 0 aliphatic heterocycles. The Labute approximate surface area is 94.9 Å². The van der Waals surface area contributed by atoms with Gasteiger partial charge in [-0.05, 0) is 31.9 Å². The first-order valence-electron chi connectivity index (χ1n) is 3.37. The highest BCUT2D eigenvalue weighted by atomic mass is 79.9. The summed E-state index contributed by atoms with van der Waals surface area (Å²) in [7, 11) is 0. The molecule has 76 valence electrons. The lowest BCUT2D eigenvalue weighted by atomic mass is 10.1. The van der Waals surface area contributed by atoms with Crippen LogP contribution in [0.4, 0.5) is 8.78 Å². The molecule has 0 aliphatic rings. The molecule has 2 N–H and O–H groups in total. The van der Waals surface area contributed by atoms with Crippen LogP contribution in [-0.4, -0.2) is 10.9 Å². The average molecular weight is 330 g/mol. The van der Waals surface area contributed by atoms with Crippen molar-refractivity contribution in [2.45, 2.75) is 6.43 Å². The minimum atomic E-state index is -2.78. The Morgan fingerprint density at radius 2 is 2.07 bits per heavy atom. The number of primary amides is 1. The normalized spacial score (nSPS) is 10.6. The molecule has 0 unspecified atom stereocenters. The van der Waals surface area contributed by atoms with Crippen LogP contribution in [0.3, 0.4) is 0 Å². The molecule has 14 heavy (non-hydrogen) atoms. The predicted molar refractivity (Wildman–Crippen MR) is 53.1 cm³/mol. The van der Waals surface area contributed by atoms with Crippen LogP contribution in [-0.2, 0) is 0 Å². The summed E-state index contributed by atoms with van der Waals surface area (Å²) in [5.74, 6) is -0.921. The van der Waals surface area contributed by atoms with Crippen molar-refractivity contribution in [2.75, 3.05) is 0 Å². The number of carbonyl (C=O) groups excluding carboxylic acids is 1. The number of halogens is 4. The largest absolute Gasteiger partial charge is 0.366 e. The van der Waals surface area contributed by atoms with Crippen LogP contribution >= 0.6 is 31.9 Å². The number of nitrogens with zero attached hydrogens (tertiary/aromatic N) is 1. The summed E-state index contributed by atoms with van der Waals surface area (Å²) in [5.41, 5.74) is 4.24. The quantitative estimate of drug-likeness (QED) is 0.848. The summed E-state index contributed by atoms with van der Waals surface area (Å²) in [5, 5.41) is 0.